The number of hydrogen-bond donors (Lipinski definition) is 2. The summed E-state index contributed by atoms with van der Waals surface area (Å²) < 4.78 is 10.8. The molecule has 0 unspecified atom stereocenters. The summed E-state index contributed by atoms with van der Waals surface area (Å²) >= 11 is 0. The average molecular weight is 335 g/mol. The van der Waals surface area contributed by atoms with Crippen LogP contribution in [-0.4, -0.2) is 75.4 Å². The molecule has 0 saturated carbocycles. The normalized spacial score (nSPS) is 16.8. The van der Waals surface area contributed by atoms with Crippen LogP contribution < -0.4 is 15.4 Å². The molecule has 0 amide bonds. The van der Waals surface area contributed by atoms with Gasteiger partial charge in [0.2, 0.25) is 0 Å². The van der Waals surface area contributed by atoms with E-state index in [2.05, 4.69) is 25.5 Å². The van der Waals surface area contributed by atoms with Crippen molar-refractivity contribution in [3.05, 3.63) is 24.5 Å². The minimum absolute atomic E-state index is 0.467. The minimum atomic E-state index is 0.467. The predicted molar refractivity (Wildman–Crippen MR) is 95.6 cm³/mol. The second kappa shape index (κ2) is 10.8. The highest BCUT2D eigenvalue weighted by molar-refractivity contribution is 5.79. The zero-order valence-corrected chi connectivity index (χ0v) is 14.7. The van der Waals surface area contributed by atoms with Gasteiger partial charge in [-0.1, -0.05) is 0 Å². The third-order valence-electron chi connectivity index (χ3n) is 4.06. The van der Waals surface area contributed by atoms with Gasteiger partial charge in [-0.15, -0.1) is 0 Å². The number of aliphatic imine (C=N–C) groups is 1. The molecule has 2 rings (SSSR count). The SMILES string of the molecule is CN=C(NCCOc1cccnc1)NC1CCN(CCOC)CC1. The lowest BCUT2D eigenvalue weighted by Crippen LogP contribution is -2.49. The molecule has 1 aliphatic rings. The van der Waals surface area contributed by atoms with Gasteiger partial charge in [0.05, 0.1) is 19.3 Å². The van der Waals surface area contributed by atoms with E-state index in [1.54, 1.807) is 26.6 Å². The number of nitrogens with zero attached hydrogens (tertiary/aromatic N) is 3. The Hall–Kier alpha value is -1.86. The van der Waals surface area contributed by atoms with Gasteiger partial charge in [0.1, 0.15) is 12.4 Å². The number of guanidine groups is 1. The zero-order chi connectivity index (χ0) is 17.0. The van der Waals surface area contributed by atoms with Gasteiger partial charge < -0.3 is 25.0 Å². The molecule has 7 nitrogen and oxygen atoms in total. The van der Waals surface area contributed by atoms with Crippen LogP contribution in [0.5, 0.6) is 5.75 Å². The second-order valence-electron chi connectivity index (χ2n) is 5.79. The summed E-state index contributed by atoms with van der Waals surface area (Å²) in [6, 6.07) is 4.23. The number of nitrogens with one attached hydrogen (secondary N) is 2. The number of ether oxygens (including phenoxy) is 2. The fourth-order valence-electron chi connectivity index (χ4n) is 2.68. The van der Waals surface area contributed by atoms with Crippen molar-refractivity contribution in [2.75, 3.05) is 53.6 Å². The number of likely N-dealkylation sites (tertiary alicyclic amines) is 1. The molecule has 0 spiro atoms. The van der Waals surface area contributed by atoms with Crippen LogP contribution in [0.1, 0.15) is 12.8 Å². The molecule has 0 radical (unpaired) electrons. The van der Waals surface area contributed by atoms with Crippen LogP contribution in [0.25, 0.3) is 0 Å². The van der Waals surface area contributed by atoms with Gasteiger partial charge in [-0.3, -0.25) is 9.98 Å². The van der Waals surface area contributed by atoms with Crippen LogP contribution in [0.4, 0.5) is 0 Å². The van der Waals surface area contributed by atoms with Gasteiger partial charge >= 0.3 is 0 Å². The van der Waals surface area contributed by atoms with Gasteiger partial charge in [-0.2, -0.15) is 0 Å². The summed E-state index contributed by atoms with van der Waals surface area (Å²) in [6.07, 6.45) is 5.69. The number of piperidine rings is 1. The van der Waals surface area contributed by atoms with Crippen molar-refractivity contribution in [3.8, 4) is 5.75 Å². The van der Waals surface area contributed by atoms with E-state index >= 15 is 0 Å². The summed E-state index contributed by atoms with van der Waals surface area (Å²) in [7, 11) is 3.55. The number of methoxy groups -OCH3 is 1. The molecule has 24 heavy (non-hydrogen) atoms. The van der Waals surface area contributed by atoms with Crippen LogP contribution in [0.15, 0.2) is 29.5 Å². The first-order chi connectivity index (χ1) is 11.8. The highest BCUT2D eigenvalue weighted by atomic mass is 16.5. The summed E-state index contributed by atoms with van der Waals surface area (Å²) in [5, 5.41) is 6.79. The van der Waals surface area contributed by atoms with E-state index in [1.807, 2.05) is 12.1 Å². The standard InChI is InChI=1S/C17H29N5O2/c1-18-17(20-8-12-24-16-4-3-7-19-14-16)21-15-5-9-22(10-6-15)11-13-23-2/h3-4,7,14-15H,5-6,8-13H2,1-2H3,(H2,18,20,21). The van der Waals surface area contributed by atoms with E-state index in [9.17, 15) is 0 Å². The average Bonchev–Trinajstić information content (AvgIpc) is 2.64. The van der Waals surface area contributed by atoms with E-state index in [-0.39, 0.29) is 0 Å². The fraction of sp³-hybridized carbons (Fsp3) is 0.647. The number of aromatic nitrogens is 1. The Bertz CT molecular complexity index is 475. The number of rotatable bonds is 8. The number of hydrogen-bond acceptors (Lipinski definition) is 5. The third-order valence-corrected chi connectivity index (χ3v) is 4.06. The summed E-state index contributed by atoms with van der Waals surface area (Å²) in [4.78, 5) is 10.8. The van der Waals surface area contributed by atoms with E-state index < -0.39 is 0 Å². The fourth-order valence-corrected chi connectivity index (χ4v) is 2.68. The molecule has 0 atom stereocenters. The maximum Gasteiger partial charge on any atom is 0.191 e. The molecule has 7 heteroatoms. The Kier molecular flexibility index (Phi) is 8.34. The summed E-state index contributed by atoms with van der Waals surface area (Å²) in [5.41, 5.74) is 0. The highest BCUT2D eigenvalue weighted by Crippen LogP contribution is 2.09. The molecule has 1 fully saturated rings. The molecule has 2 N–H and O–H groups in total. The molecular weight excluding hydrogens is 306 g/mol. The Balaban J connectivity index is 1.61. The van der Waals surface area contributed by atoms with E-state index in [4.69, 9.17) is 9.47 Å². The van der Waals surface area contributed by atoms with Crippen molar-refractivity contribution in [1.82, 2.24) is 20.5 Å². The molecule has 0 aliphatic carbocycles. The van der Waals surface area contributed by atoms with E-state index in [0.717, 1.165) is 50.8 Å². The van der Waals surface area contributed by atoms with Crippen molar-refractivity contribution in [2.45, 2.75) is 18.9 Å². The second-order valence-corrected chi connectivity index (χ2v) is 5.79. The van der Waals surface area contributed by atoms with Gasteiger partial charge in [0.25, 0.3) is 0 Å². The van der Waals surface area contributed by atoms with E-state index in [1.165, 1.54) is 0 Å². The molecule has 134 valence electrons. The maximum absolute atomic E-state index is 5.62. The lowest BCUT2D eigenvalue weighted by molar-refractivity contribution is 0.128. The molecule has 0 bridgehead atoms. The molecule has 1 aliphatic heterocycles. The molecular formula is C17H29N5O2. The lowest BCUT2D eigenvalue weighted by atomic mass is 10.1. The minimum Gasteiger partial charge on any atom is -0.490 e. The Morgan fingerprint density at radius 1 is 1.38 bits per heavy atom. The topological polar surface area (TPSA) is 71.0 Å². The summed E-state index contributed by atoms with van der Waals surface area (Å²) in [5.74, 6) is 1.62. The van der Waals surface area contributed by atoms with Crippen LogP contribution in [0, 0.1) is 0 Å². The van der Waals surface area contributed by atoms with Gasteiger partial charge in [0, 0.05) is 46.0 Å². The van der Waals surface area contributed by atoms with Gasteiger partial charge in [-0.25, -0.2) is 0 Å². The Labute approximate surface area is 144 Å². The first kappa shape index (κ1) is 18.5. The van der Waals surface area contributed by atoms with Crippen molar-refractivity contribution in [2.24, 2.45) is 4.99 Å². The molecule has 2 heterocycles. The van der Waals surface area contributed by atoms with E-state index in [0.29, 0.717) is 19.2 Å². The molecule has 1 aromatic rings. The molecule has 1 saturated heterocycles. The third kappa shape index (κ3) is 6.72. The van der Waals surface area contributed by atoms with Gasteiger partial charge in [-0.05, 0) is 25.0 Å². The summed E-state index contributed by atoms with van der Waals surface area (Å²) in [6.45, 7) is 5.29. The van der Waals surface area contributed by atoms with Gasteiger partial charge in [0.15, 0.2) is 5.96 Å². The van der Waals surface area contributed by atoms with Crippen LogP contribution in [-0.2, 0) is 4.74 Å². The number of pyridine rings is 1. The van der Waals surface area contributed by atoms with Crippen LogP contribution in [0.2, 0.25) is 0 Å². The van der Waals surface area contributed by atoms with Crippen molar-refractivity contribution >= 4 is 5.96 Å². The van der Waals surface area contributed by atoms with Crippen LogP contribution >= 0.6 is 0 Å². The largest absolute Gasteiger partial charge is 0.490 e. The van der Waals surface area contributed by atoms with Crippen molar-refractivity contribution in [3.63, 3.8) is 0 Å². The maximum atomic E-state index is 5.62. The molecule has 1 aromatic heterocycles. The first-order valence-electron chi connectivity index (χ1n) is 8.53. The quantitative estimate of drug-likeness (QED) is 0.415. The smallest absolute Gasteiger partial charge is 0.191 e. The monoisotopic (exact) mass is 335 g/mol. The Morgan fingerprint density at radius 3 is 2.88 bits per heavy atom. The van der Waals surface area contributed by atoms with Crippen molar-refractivity contribution < 1.29 is 9.47 Å². The highest BCUT2D eigenvalue weighted by Gasteiger charge is 2.19. The first-order valence-corrected chi connectivity index (χ1v) is 8.53. The lowest BCUT2D eigenvalue weighted by Gasteiger charge is -2.32. The zero-order valence-electron chi connectivity index (χ0n) is 14.7. The Morgan fingerprint density at radius 2 is 2.21 bits per heavy atom. The van der Waals surface area contributed by atoms with Crippen LogP contribution in [0.3, 0.4) is 0 Å². The molecule has 0 aromatic carbocycles. The van der Waals surface area contributed by atoms with Crippen molar-refractivity contribution in [1.29, 1.82) is 0 Å². The predicted octanol–water partition coefficient (Wildman–Crippen LogP) is 0.736.